The van der Waals surface area contributed by atoms with E-state index >= 15 is 4.39 Å². The maximum absolute atomic E-state index is 15.6. The molecule has 0 radical (unpaired) electrons. The molecule has 1 aromatic heterocycles. The van der Waals surface area contributed by atoms with Gasteiger partial charge in [0.1, 0.15) is 11.8 Å². The van der Waals surface area contributed by atoms with Crippen LogP contribution in [0.5, 0.6) is 0 Å². The molecular formula is C20H26F3N5O3. The summed E-state index contributed by atoms with van der Waals surface area (Å²) < 4.78 is 51.0. The first kappa shape index (κ1) is 20.6. The van der Waals surface area contributed by atoms with Crippen molar-refractivity contribution in [2.45, 2.75) is 55.9 Å². The molecule has 8 nitrogen and oxygen atoms in total. The Hall–Kier alpha value is -2.27. The Morgan fingerprint density at radius 1 is 1.19 bits per heavy atom. The SMILES string of the molecule is COC1=c2c(c(=O)[nH]c(=O)n2C2CC2)=C(N)C(F)C1N1CC2CCC(F)(F)C(N)C2C1. The number of H-pyrrole nitrogens is 1. The van der Waals surface area contributed by atoms with Crippen LogP contribution < -0.4 is 33.3 Å². The predicted octanol–water partition coefficient (Wildman–Crippen LogP) is -1.28. The molecule has 3 aliphatic carbocycles. The van der Waals surface area contributed by atoms with Crippen LogP contribution in [0.1, 0.15) is 31.7 Å². The smallest absolute Gasteiger partial charge is 0.329 e. The number of nitrogens with two attached hydrogens (primary N) is 2. The van der Waals surface area contributed by atoms with Gasteiger partial charge in [0.25, 0.3) is 11.5 Å². The zero-order valence-corrected chi connectivity index (χ0v) is 17.1. The standard InChI is InChI=1S/C20H26F3N5O3/c1-31-16-14-11(18(29)26-19(30)28(14)9-2-3-9)13(24)12(21)15(16)27-6-8-4-5-20(22,23)17(25)10(8)7-27/h8-10,12,15,17H,2-7,24-25H2,1H3,(H,26,29,30). The van der Waals surface area contributed by atoms with Crippen LogP contribution in [0.3, 0.4) is 0 Å². The van der Waals surface area contributed by atoms with Gasteiger partial charge in [0.05, 0.1) is 29.4 Å². The van der Waals surface area contributed by atoms with Gasteiger partial charge in [-0.05, 0) is 31.1 Å². The molecule has 1 aromatic rings. The number of halogens is 3. The molecule has 11 heteroatoms. The third-order valence-electron chi connectivity index (χ3n) is 7.35. The van der Waals surface area contributed by atoms with E-state index < -0.39 is 41.3 Å². The number of nitrogens with zero attached hydrogens (tertiary/aromatic N) is 2. The second kappa shape index (κ2) is 6.86. The summed E-state index contributed by atoms with van der Waals surface area (Å²) in [7, 11) is 1.35. The maximum atomic E-state index is 15.6. The van der Waals surface area contributed by atoms with Gasteiger partial charge in [0.15, 0.2) is 6.17 Å². The molecule has 0 spiro atoms. The van der Waals surface area contributed by atoms with E-state index in [4.69, 9.17) is 16.2 Å². The van der Waals surface area contributed by atoms with Gasteiger partial charge in [-0.15, -0.1) is 0 Å². The lowest BCUT2D eigenvalue weighted by molar-refractivity contribution is -0.0796. The largest absolute Gasteiger partial charge is 0.497 e. The molecule has 31 heavy (non-hydrogen) atoms. The highest BCUT2D eigenvalue weighted by Gasteiger charge is 2.54. The first-order valence-corrected chi connectivity index (χ1v) is 10.6. The molecule has 5 rings (SSSR count). The third-order valence-corrected chi connectivity index (χ3v) is 7.35. The van der Waals surface area contributed by atoms with Crippen LogP contribution in [0.15, 0.2) is 9.59 Å². The van der Waals surface area contributed by atoms with Crippen LogP contribution in [-0.4, -0.2) is 58.8 Å². The molecule has 0 bridgehead atoms. The first-order valence-electron chi connectivity index (χ1n) is 10.6. The Kier molecular flexibility index (Phi) is 4.57. The average Bonchev–Trinajstić information content (AvgIpc) is 3.45. The summed E-state index contributed by atoms with van der Waals surface area (Å²) in [4.78, 5) is 29.1. The van der Waals surface area contributed by atoms with E-state index in [1.54, 1.807) is 4.90 Å². The van der Waals surface area contributed by atoms with E-state index in [0.29, 0.717) is 13.0 Å². The van der Waals surface area contributed by atoms with Gasteiger partial charge in [-0.3, -0.25) is 19.2 Å². The number of fused-ring (bicyclic) bond motifs is 2. The Morgan fingerprint density at radius 2 is 1.90 bits per heavy atom. The first-order chi connectivity index (χ1) is 14.7. The number of rotatable bonds is 3. The van der Waals surface area contributed by atoms with E-state index in [1.165, 1.54) is 11.7 Å². The maximum Gasteiger partial charge on any atom is 0.329 e. The van der Waals surface area contributed by atoms with Crippen molar-refractivity contribution in [3.63, 3.8) is 0 Å². The fraction of sp³-hybridized carbons (Fsp3) is 0.700. The Labute approximate surface area is 175 Å². The molecular weight excluding hydrogens is 415 g/mol. The van der Waals surface area contributed by atoms with Crippen molar-refractivity contribution in [1.82, 2.24) is 14.5 Å². The number of methoxy groups -OCH3 is 1. The zero-order chi connectivity index (χ0) is 22.2. The summed E-state index contributed by atoms with van der Waals surface area (Å²) in [5, 5.41) is 0.103. The van der Waals surface area contributed by atoms with Crippen molar-refractivity contribution in [3.8, 4) is 0 Å². The lowest BCUT2D eigenvalue weighted by Crippen LogP contribution is -2.63. The Morgan fingerprint density at radius 3 is 2.55 bits per heavy atom. The molecule has 0 aromatic carbocycles. The molecule has 1 saturated heterocycles. The Balaban J connectivity index is 1.66. The summed E-state index contributed by atoms with van der Waals surface area (Å²) in [5.41, 5.74) is 10.3. The number of aromatic nitrogens is 2. The fourth-order valence-corrected chi connectivity index (χ4v) is 5.62. The number of aromatic amines is 1. The van der Waals surface area contributed by atoms with Crippen molar-refractivity contribution in [2.75, 3.05) is 20.2 Å². The van der Waals surface area contributed by atoms with Crippen LogP contribution in [0.25, 0.3) is 11.5 Å². The highest BCUT2D eigenvalue weighted by molar-refractivity contribution is 5.60. The number of ether oxygens (including phenoxy) is 1. The number of hydrogen-bond acceptors (Lipinski definition) is 6. The Bertz CT molecular complexity index is 1160. The second-order valence-corrected chi connectivity index (χ2v) is 9.16. The van der Waals surface area contributed by atoms with Crippen molar-refractivity contribution in [3.05, 3.63) is 31.4 Å². The molecule has 2 saturated carbocycles. The summed E-state index contributed by atoms with van der Waals surface area (Å²) >= 11 is 0. The van der Waals surface area contributed by atoms with Crippen LogP contribution in [0.4, 0.5) is 13.2 Å². The van der Waals surface area contributed by atoms with Gasteiger partial charge in [-0.2, -0.15) is 0 Å². The topological polar surface area (TPSA) is 119 Å². The summed E-state index contributed by atoms with van der Waals surface area (Å²) in [5.74, 6) is -3.40. The molecule has 2 heterocycles. The highest BCUT2D eigenvalue weighted by Crippen LogP contribution is 2.44. The molecule has 1 aliphatic heterocycles. The molecule has 5 N–H and O–H groups in total. The van der Waals surface area contributed by atoms with Crippen LogP contribution in [-0.2, 0) is 4.74 Å². The number of alkyl halides is 3. The minimum absolute atomic E-state index is 0.0904. The summed E-state index contributed by atoms with van der Waals surface area (Å²) in [6.45, 7) is 0.532. The lowest BCUT2D eigenvalue weighted by atomic mass is 9.76. The van der Waals surface area contributed by atoms with Gasteiger partial charge in [-0.1, -0.05) is 0 Å². The molecule has 170 valence electrons. The molecule has 5 unspecified atom stereocenters. The van der Waals surface area contributed by atoms with Crippen molar-refractivity contribution >= 4 is 11.5 Å². The monoisotopic (exact) mass is 441 g/mol. The predicted molar refractivity (Wildman–Crippen MR) is 106 cm³/mol. The van der Waals surface area contributed by atoms with Crippen LogP contribution in [0, 0.1) is 11.8 Å². The van der Waals surface area contributed by atoms with Crippen molar-refractivity contribution in [1.29, 1.82) is 0 Å². The minimum Gasteiger partial charge on any atom is -0.497 e. The van der Waals surface area contributed by atoms with Crippen LogP contribution in [0.2, 0.25) is 0 Å². The van der Waals surface area contributed by atoms with Gasteiger partial charge >= 0.3 is 5.69 Å². The van der Waals surface area contributed by atoms with E-state index in [-0.39, 0.29) is 46.9 Å². The van der Waals surface area contributed by atoms with Crippen LogP contribution >= 0.6 is 0 Å². The number of hydrogen-bond donors (Lipinski definition) is 3. The summed E-state index contributed by atoms with van der Waals surface area (Å²) in [6, 6.07) is -2.44. The van der Waals surface area contributed by atoms with Gasteiger partial charge in [0, 0.05) is 25.6 Å². The number of nitrogens with one attached hydrogen (secondary N) is 1. The fourth-order valence-electron chi connectivity index (χ4n) is 5.62. The minimum atomic E-state index is -2.95. The molecule has 5 atom stereocenters. The van der Waals surface area contributed by atoms with Crippen molar-refractivity contribution in [2.24, 2.45) is 23.3 Å². The van der Waals surface area contributed by atoms with Gasteiger partial charge < -0.3 is 16.2 Å². The van der Waals surface area contributed by atoms with E-state index in [2.05, 4.69) is 4.98 Å². The molecule has 3 fully saturated rings. The second-order valence-electron chi connectivity index (χ2n) is 9.16. The molecule has 0 amide bonds. The van der Waals surface area contributed by atoms with E-state index in [9.17, 15) is 18.4 Å². The van der Waals surface area contributed by atoms with E-state index in [1.807, 2.05) is 0 Å². The number of likely N-dealkylation sites (tertiary alicyclic amines) is 1. The quantitative estimate of drug-likeness (QED) is 0.538. The lowest BCUT2D eigenvalue weighted by Gasteiger charge is -2.37. The highest BCUT2D eigenvalue weighted by atomic mass is 19.3. The average molecular weight is 441 g/mol. The van der Waals surface area contributed by atoms with E-state index in [0.717, 1.165) is 12.8 Å². The zero-order valence-electron chi connectivity index (χ0n) is 17.1. The normalized spacial score (nSPS) is 35.1. The van der Waals surface area contributed by atoms with Gasteiger partial charge in [-0.25, -0.2) is 18.0 Å². The summed E-state index contributed by atoms with van der Waals surface area (Å²) in [6.07, 6.45) is -0.281. The van der Waals surface area contributed by atoms with Gasteiger partial charge in [0.2, 0.25) is 0 Å². The van der Waals surface area contributed by atoms with Crippen molar-refractivity contribution < 1.29 is 17.9 Å². The molecule has 4 aliphatic rings. The third kappa shape index (κ3) is 2.96.